The Labute approximate surface area is 63.3 Å². The summed E-state index contributed by atoms with van der Waals surface area (Å²) >= 11 is 0. The van der Waals surface area contributed by atoms with Gasteiger partial charge in [0.15, 0.2) is 5.34 Å². The van der Waals surface area contributed by atoms with Crippen molar-refractivity contribution in [2.45, 2.75) is 6.92 Å². The van der Waals surface area contributed by atoms with Gasteiger partial charge in [0.05, 0.1) is 0 Å². The third-order valence-corrected chi connectivity index (χ3v) is 1.41. The summed E-state index contributed by atoms with van der Waals surface area (Å²) in [4.78, 5) is 8.11. The van der Waals surface area contributed by atoms with Crippen molar-refractivity contribution in [2.24, 2.45) is 10.5 Å². The lowest BCUT2D eigenvalue weighted by Crippen LogP contribution is -2.33. The summed E-state index contributed by atoms with van der Waals surface area (Å²) in [5.41, 5.74) is 0. The summed E-state index contributed by atoms with van der Waals surface area (Å²) in [6.07, 6.45) is 0. The van der Waals surface area contributed by atoms with Crippen LogP contribution in [0, 0.1) is 4.91 Å². The Morgan fingerprint density at radius 2 is 1.91 bits per heavy atom. The second-order valence-electron chi connectivity index (χ2n) is 1.27. The standard InChI is InChI=1S/C2H8N2O3S.HNO2/c1-2-4(5)8(3,6)7;2-1-3/h5H,2H2,1H3,(H2,3,6,7);(H,2,3). The molecule has 68 valence electrons. The van der Waals surface area contributed by atoms with Crippen molar-refractivity contribution in [1.82, 2.24) is 4.47 Å². The fourth-order valence-electron chi connectivity index (χ4n) is 0.180. The average Bonchev–Trinajstić information content (AvgIpc) is 1.86. The van der Waals surface area contributed by atoms with Gasteiger partial charge >= 0.3 is 0 Å². The molecule has 0 unspecified atom stereocenters. The van der Waals surface area contributed by atoms with E-state index in [4.69, 9.17) is 15.3 Å². The van der Waals surface area contributed by atoms with Crippen LogP contribution in [0.2, 0.25) is 0 Å². The van der Waals surface area contributed by atoms with E-state index in [-0.39, 0.29) is 11.0 Å². The van der Waals surface area contributed by atoms with Crippen LogP contribution < -0.4 is 5.14 Å². The van der Waals surface area contributed by atoms with Crippen molar-refractivity contribution < 1.29 is 18.8 Å². The van der Waals surface area contributed by atoms with E-state index >= 15 is 0 Å². The van der Waals surface area contributed by atoms with E-state index in [0.29, 0.717) is 0 Å². The molecule has 0 heterocycles. The molecule has 8 nitrogen and oxygen atoms in total. The minimum atomic E-state index is -3.86. The van der Waals surface area contributed by atoms with Crippen molar-refractivity contribution in [3.63, 3.8) is 0 Å². The van der Waals surface area contributed by atoms with Crippen molar-refractivity contribution in [2.75, 3.05) is 6.54 Å². The van der Waals surface area contributed by atoms with Gasteiger partial charge < -0.3 is 5.21 Å². The van der Waals surface area contributed by atoms with Gasteiger partial charge in [-0.2, -0.15) is 8.42 Å². The maximum atomic E-state index is 10.0. The molecule has 0 aromatic rings. The molecular formula is C2H9N3O5S. The van der Waals surface area contributed by atoms with Gasteiger partial charge in [0.25, 0.3) is 10.2 Å². The Morgan fingerprint density at radius 1 is 1.64 bits per heavy atom. The van der Waals surface area contributed by atoms with Gasteiger partial charge in [0.2, 0.25) is 0 Å². The smallest absolute Gasteiger partial charge is 0.298 e. The summed E-state index contributed by atoms with van der Waals surface area (Å²) in [5, 5.41) is 20.6. The van der Waals surface area contributed by atoms with Crippen molar-refractivity contribution in [1.29, 1.82) is 0 Å². The lowest BCUT2D eigenvalue weighted by Gasteiger charge is -2.05. The van der Waals surface area contributed by atoms with Gasteiger partial charge in [0, 0.05) is 6.54 Å². The number of rotatable bonds is 2. The summed E-state index contributed by atoms with van der Waals surface area (Å²) in [7, 11) is -3.86. The summed E-state index contributed by atoms with van der Waals surface area (Å²) in [5.74, 6) is 0. The van der Waals surface area contributed by atoms with Gasteiger partial charge in [-0.15, -0.1) is 4.91 Å². The van der Waals surface area contributed by atoms with E-state index in [1.807, 2.05) is 0 Å². The summed E-state index contributed by atoms with van der Waals surface area (Å²) in [6, 6.07) is 0. The zero-order valence-electron chi connectivity index (χ0n) is 5.71. The Bertz CT molecular complexity index is 188. The van der Waals surface area contributed by atoms with Crippen LogP contribution >= 0.6 is 0 Å². The first-order valence-electron chi connectivity index (χ1n) is 2.36. The maximum absolute atomic E-state index is 10.0. The van der Waals surface area contributed by atoms with Crippen LogP contribution in [0.4, 0.5) is 0 Å². The van der Waals surface area contributed by atoms with E-state index in [2.05, 4.69) is 5.14 Å². The molecule has 11 heavy (non-hydrogen) atoms. The van der Waals surface area contributed by atoms with Crippen molar-refractivity contribution in [3.05, 3.63) is 4.91 Å². The lowest BCUT2D eigenvalue weighted by atomic mass is 10.8. The van der Waals surface area contributed by atoms with Crippen LogP contribution in [0.15, 0.2) is 5.34 Å². The molecule has 0 aromatic carbocycles. The van der Waals surface area contributed by atoms with Crippen molar-refractivity contribution >= 4 is 10.2 Å². The molecule has 0 bridgehead atoms. The number of hydroxylamine groups is 1. The molecule has 0 aliphatic carbocycles. The SMILES string of the molecule is CCN(O)S(N)(=O)=O.O=NO. The first-order valence-corrected chi connectivity index (χ1v) is 3.86. The van der Waals surface area contributed by atoms with Crippen LogP contribution in [0.1, 0.15) is 6.92 Å². The van der Waals surface area contributed by atoms with Gasteiger partial charge in [0.1, 0.15) is 0 Å². The fourth-order valence-corrected chi connectivity index (χ4v) is 0.540. The second-order valence-corrected chi connectivity index (χ2v) is 2.72. The largest absolute Gasteiger partial charge is 0.379 e. The fraction of sp³-hybridized carbons (Fsp3) is 1.00. The summed E-state index contributed by atoms with van der Waals surface area (Å²) < 4.78 is 20.1. The highest BCUT2D eigenvalue weighted by Gasteiger charge is 2.09. The third-order valence-electron chi connectivity index (χ3n) is 0.564. The van der Waals surface area contributed by atoms with E-state index in [1.165, 1.54) is 12.3 Å². The minimum absolute atomic E-state index is 0.0289. The molecule has 4 N–H and O–H groups in total. The first kappa shape index (κ1) is 12.9. The number of hydrogen-bond donors (Lipinski definition) is 3. The highest BCUT2D eigenvalue weighted by Crippen LogP contribution is 1.83. The predicted molar refractivity (Wildman–Crippen MR) is 34.9 cm³/mol. The molecule has 0 rings (SSSR count). The van der Waals surface area contributed by atoms with Gasteiger partial charge in [-0.1, -0.05) is 4.47 Å². The molecule has 0 aliphatic heterocycles. The van der Waals surface area contributed by atoms with Gasteiger partial charge in [-0.05, 0) is 6.92 Å². The monoisotopic (exact) mass is 187 g/mol. The Balaban J connectivity index is 0. The first-order chi connectivity index (χ1) is 4.90. The Kier molecular flexibility index (Phi) is 6.99. The molecule has 0 radical (unpaired) electrons. The highest BCUT2D eigenvalue weighted by atomic mass is 32.2. The van der Waals surface area contributed by atoms with Crippen LogP contribution in [-0.4, -0.2) is 29.8 Å². The molecule has 0 aromatic heterocycles. The van der Waals surface area contributed by atoms with E-state index in [9.17, 15) is 8.42 Å². The molecule has 0 spiro atoms. The Morgan fingerprint density at radius 3 is 1.91 bits per heavy atom. The van der Waals surface area contributed by atoms with Crippen LogP contribution in [0.5, 0.6) is 0 Å². The minimum Gasteiger partial charge on any atom is -0.379 e. The number of nitrogens with two attached hydrogens (primary N) is 1. The lowest BCUT2D eigenvalue weighted by molar-refractivity contribution is 0.00860. The second kappa shape index (κ2) is 5.97. The van der Waals surface area contributed by atoms with Gasteiger partial charge in [-0.25, -0.2) is 5.14 Å². The molecule has 0 fully saturated rings. The third kappa shape index (κ3) is 9.23. The van der Waals surface area contributed by atoms with Crippen molar-refractivity contribution in [3.8, 4) is 0 Å². The molecule has 0 amide bonds. The molecule has 0 saturated carbocycles. The summed E-state index contributed by atoms with van der Waals surface area (Å²) in [6.45, 7) is 1.43. The predicted octanol–water partition coefficient (Wildman–Crippen LogP) is -0.957. The molecule has 9 heteroatoms. The van der Waals surface area contributed by atoms with Crippen LogP contribution in [0.25, 0.3) is 0 Å². The van der Waals surface area contributed by atoms with E-state index in [1.54, 1.807) is 0 Å². The normalized spacial score (nSPS) is 10.2. The quantitative estimate of drug-likeness (QED) is 0.378. The molecule has 0 saturated heterocycles. The number of hydrogen-bond acceptors (Lipinski definition) is 5. The molecule has 0 atom stereocenters. The van der Waals surface area contributed by atoms with Crippen LogP contribution in [0.3, 0.4) is 0 Å². The zero-order valence-corrected chi connectivity index (χ0v) is 6.52. The van der Waals surface area contributed by atoms with Crippen LogP contribution in [-0.2, 0) is 10.2 Å². The topological polar surface area (TPSA) is 133 Å². The highest BCUT2D eigenvalue weighted by molar-refractivity contribution is 7.86. The zero-order chi connectivity index (χ0) is 9.49. The van der Waals surface area contributed by atoms with E-state index in [0.717, 1.165) is 0 Å². The Hall–Kier alpha value is -0.770. The maximum Gasteiger partial charge on any atom is 0.298 e. The number of nitrogens with zero attached hydrogens (tertiary/aromatic N) is 2. The molecule has 0 aliphatic rings. The average molecular weight is 187 g/mol. The van der Waals surface area contributed by atoms with E-state index < -0.39 is 10.2 Å². The molecular weight excluding hydrogens is 178 g/mol. The van der Waals surface area contributed by atoms with Gasteiger partial charge in [-0.3, -0.25) is 5.21 Å².